The fourth-order valence-corrected chi connectivity index (χ4v) is 3.81. The molecule has 1 aromatic carbocycles. The molecule has 30 heavy (non-hydrogen) atoms. The molecular formula is C24H26N4O2. The van der Waals surface area contributed by atoms with Gasteiger partial charge in [-0.05, 0) is 49.3 Å². The number of nitrogens with one attached hydrogen (secondary N) is 1. The number of benzene rings is 1. The average Bonchev–Trinajstić information content (AvgIpc) is 3.46. The van der Waals surface area contributed by atoms with Crippen LogP contribution in [0.2, 0.25) is 0 Å². The topological polar surface area (TPSA) is 67.3 Å². The molecule has 2 aliphatic rings. The largest absolute Gasteiger partial charge is 0.477 e. The first kappa shape index (κ1) is 18.9. The molecule has 1 aliphatic heterocycles. The highest BCUT2D eigenvalue weighted by Gasteiger charge is 2.23. The molecule has 1 saturated heterocycles. The van der Waals surface area contributed by atoms with E-state index in [2.05, 4.69) is 15.2 Å². The van der Waals surface area contributed by atoms with E-state index in [1.165, 1.54) is 12.8 Å². The number of rotatable bonds is 7. The molecule has 0 spiro atoms. The third-order valence-corrected chi connectivity index (χ3v) is 5.77. The number of ether oxygens (including phenoxy) is 1. The smallest absolute Gasteiger partial charge is 0.255 e. The van der Waals surface area contributed by atoms with Crippen molar-refractivity contribution in [1.82, 2.24) is 15.3 Å². The highest BCUT2D eigenvalue weighted by molar-refractivity contribution is 6.02. The molecule has 1 N–H and O–H groups in total. The Morgan fingerprint density at radius 3 is 2.73 bits per heavy atom. The summed E-state index contributed by atoms with van der Waals surface area (Å²) in [4.78, 5) is 24.5. The molecule has 0 radical (unpaired) electrons. The minimum Gasteiger partial charge on any atom is -0.477 e. The van der Waals surface area contributed by atoms with Crippen molar-refractivity contribution in [3.8, 4) is 5.88 Å². The molecule has 3 aromatic rings. The highest BCUT2D eigenvalue weighted by atomic mass is 16.5. The number of carbonyl (C=O) groups excluding carboxylic acids is 1. The van der Waals surface area contributed by atoms with Gasteiger partial charge in [0.2, 0.25) is 5.88 Å². The first-order valence-electron chi connectivity index (χ1n) is 10.8. The van der Waals surface area contributed by atoms with Crippen LogP contribution in [-0.2, 0) is 6.54 Å². The monoisotopic (exact) mass is 402 g/mol. The van der Waals surface area contributed by atoms with Gasteiger partial charge in [0.15, 0.2) is 0 Å². The van der Waals surface area contributed by atoms with Crippen LogP contribution >= 0.6 is 0 Å². The van der Waals surface area contributed by atoms with E-state index >= 15 is 0 Å². The molecule has 154 valence electrons. The number of pyridine rings is 2. The second-order valence-electron chi connectivity index (χ2n) is 8.19. The molecule has 1 aliphatic carbocycles. The third-order valence-electron chi connectivity index (χ3n) is 5.77. The summed E-state index contributed by atoms with van der Waals surface area (Å²) in [6, 6.07) is 13.7. The minimum atomic E-state index is -0.107. The zero-order valence-corrected chi connectivity index (χ0v) is 17.0. The number of hydrogen-bond donors (Lipinski definition) is 1. The van der Waals surface area contributed by atoms with Gasteiger partial charge in [-0.15, -0.1) is 0 Å². The van der Waals surface area contributed by atoms with Gasteiger partial charge in [-0.2, -0.15) is 0 Å². The van der Waals surface area contributed by atoms with Gasteiger partial charge in [-0.1, -0.05) is 24.3 Å². The molecule has 0 unspecified atom stereocenters. The number of carbonyl (C=O) groups is 1. The van der Waals surface area contributed by atoms with Crippen LogP contribution in [0.4, 0.5) is 5.82 Å². The summed E-state index contributed by atoms with van der Waals surface area (Å²) in [5.74, 6) is 2.02. The van der Waals surface area contributed by atoms with E-state index in [9.17, 15) is 4.79 Å². The zero-order valence-electron chi connectivity index (χ0n) is 17.0. The van der Waals surface area contributed by atoms with Gasteiger partial charge in [0.1, 0.15) is 5.82 Å². The van der Waals surface area contributed by atoms with Gasteiger partial charge >= 0.3 is 0 Å². The van der Waals surface area contributed by atoms with E-state index in [0.717, 1.165) is 54.8 Å². The van der Waals surface area contributed by atoms with Gasteiger partial charge in [-0.25, -0.2) is 9.97 Å². The Morgan fingerprint density at radius 2 is 1.97 bits per heavy atom. The van der Waals surface area contributed by atoms with Gasteiger partial charge in [0, 0.05) is 37.3 Å². The number of anilines is 1. The van der Waals surface area contributed by atoms with Gasteiger partial charge in [0.25, 0.3) is 5.91 Å². The molecule has 0 atom stereocenters. The quantitative estimate of drug-likeness (QED) is 0.648. The van der Waals surface area contributed by atoms with Crippen molar-refractivity contribution in [3.63, 3.8) is 0 Å². The number of para-hydroxylation sites is 1. The number of fused-ring (bicyclic) bond motifs is 1. The maximum Gasteiger partial charge on any atom is 0.255 e. The summed E-state index contributed by atoms with van der Waals surface area (Å²) in [5, 5.41) is 4.01. The normalized spacial score (nSPS) is 16.1. The number of amides is 1. The van der Waals surface area contributed by atoms with Crippen LogP contribution in [0.1, 0.15) is 41.6 Å². The molecular weight excluding hydrogens is 376 g/mol. The summed E-state index contributed by atoms with van der Waals surface area (Å²) in [6.45, 7) is 3.05. The average molecular weight is 402 g/mol. The Bertz CT molecular complexity index is 1040. The molecule has 5 rings (SSSR count). The van der Waals surface area contributed by atoms with Gasteiger partial charge < -0.3 is 15.0 Å². The number of nitrogens with zero attached hydrogens (tertiary/aromatic N) is 3. The van der Waals surface area contributed by atoms with Gasteiger partial charge in [0.05, 0.1) is 17.7 Å². The maximum atomic E-state index is 13.1. The van der Waals surface area contributed by atoms with Crippen LogP contribution in [0.3, 0.4) is 0 Å². The fourth-order valence-electron chi connectivity index (χ4n) is 3.81. The maximum absolute atomic E-state index is 13.1. The predicted molar refractivity (Wildman–Crippen MR) is 117 cm³/mol. The van der Waals surface area contributed by atoms with Crippen LogP contribution in [0, 0.1) is 5.92 Å². The second-order valence-corrected chi connectivity index (χ2v) is 8.19. The highest BCUT2D eigenvalue weighted by Crippen LogP contribution is 2.29. The first-order valence-corrected chi connectivity index (χ1v) is 10.8. The Labute approximate surface area is 176 Å². The summed E-state index contributed by atoms with van der Waals surface area (Å²) in [6.07, 6.45) is 6.55. The van der Waals surface area contributed by atoms with Crippen molar-refractivity contribution in [3.05, 3.63) is 59.8 Å². The molecule has 1 saturated carbocycles. The lowest BCUT2D eigenvalue weighted by Gasteiger charge is -2.20. The SMILES string of the molecule is O=C(NCc1ccc(OCC2CC2)nc1)c1cc2ccccc2nc1N1CCCC1. The Morgan fingerprint density at radius 1 is 1.13 bits per heavy atom. The second kappa shape index (κ2) is 8.30. The van der Waals surface area contributed by atoms with Crippen molar-refractivity contribution in [2.24, 2.45) is 5.92 Å². The van der Waals surface area contributed by atoms with Crippen molar-refractivity contribution in [2.45, 2.75) is 32.2 Å². The molecule has 2 fully saturated rings. The predicted octanol–water partition coefficient (Wildman–Crippen LogP) is 3.95. The lowest BCUT2D eigenvalue weighted by Crippen LogP contribution is -2.28. The van der Waals surface area contributed by atoms with Crippen molar-refractivity contribution in [1.29, 1.82) is 0 Å². The van der Waals surface area contributed by atoms with E-state index in [1.54, 1.807) is 6.20 Å². The third kappa shape index (κ3) is 4.22. The molecule has 0 bridgehead atoms. The summed E-state index contributed by atoms with van der Waals surface area (Å²) in [5.41, 5.74) is 2.49. The Hall–Kier alpha value is -3.15. The Balaban J connectivity index is 1.30. The molecule has 1 amide bonds. The Kier molecular flexibility index (Phi) is 5.22. The number of hydrogen-bond acceptors (Lipinski definition) is 5. The van der Waals surface area contributed by atoms with Crippen LogP contribution in [-0.4, -0.2) is 35.6 Å². The summed E-state index contributed by atoms with van der Waals surface area (Å²) in [7, 11) is 0. The van der Waals surface area contributed by atoms with E-state index in [-0.39, 0.29) is 5.91 Å². The molecule has 6 heteroatoms. The van der Waals surface area contributed by atoms with E-state index in [0.29, 0.717) is 23.9 Å². The molecule has 3 heterocycles. The van der Waals surface area contributed by atoms with Crippen LogP contribution in [0.5, 0.6) is 5.88 Å². The van der Waals surface area contributed by atoms with E-state index in [1.807, 2.05) is 42.5 Å². The molecule has 6 nitrogen and oxygen atoms in total. The van der Waals surface area contributed by atoms with Gasteiger partial charge in [-0.3, -0.25) is 4.79 Å². The summed E-state index contributed by atoms with van der Waals surface area (Å²) < 4.78 is 5.68. The lowest BCUT2D eigenvalue weighted by molar-refractivity contribution is 0.0951. The van der Waals surface area contributed by atoms with Crippen molar-refractivity contribution < 1.29 is 9.53 Å². The van der Waals surface area contributed by atoms with Crippen LogP contribution < -0.4 is 15.0 Å². The van der Waals surface area contributed by atoms with Crippen molar-refractivity contribution in [2.75, 3.05) is 24.6 Å². The fraction of sp³-hybridized carbons (Fsp3) is 0.375. The van der Waals surface area contributed by atoms with E-state index in [4.69, 9.17) is 9.72 Å². The standard InChI is InChI=1S/C24H26N4O2/c29-24(26-15-18-9-10-22(25-14-18)30-16-17-7-8-17)20-13-19-5-1-2-6-21(19)27-23(20)28-11-3-4-12-28/h1-2,5-6,9-10,13-14,17H,3-4,7-8,11-12,15-16H2,(H,26,29). The zero-order chi connectivity index (χ0) is 20.3. The summed E-state index contributed by atoms with van der Waals surface area (Å²) >= 11 is 0. The van der Waals surface area contributed by atoms with Crippen molar-refractivity contribution >= 4 is 22.6 Å². The van der Waals surface area contributed by atoms with E-state index < -0.39 is 0 Å². The first-order chi connectivity index (χ1) is 14.8. The molecule has 2 aromatic heterocycles. The van der Waals surface area contributed by atoms with Crippen LogP contribution in [0.15, 0.2) is 48.7 Å². The lowest BCUT2D eigenvalue weighted by atomic mass is 10.1. The minimum absolute atomic E-state index is 0.107. The van der Waals surface area contributed by atoms with Crippen LogP contribution in [0.25, 0.3) is 10.9 Å². The number of aromatic nitrogens is 2.